The number of carbonyl (C=O) groups is 3. The largest absolute Gasteiger partial charge is 0.481 e. The summed E-state index contributed by atoms with van der Waals surface area (Å²) in [6.45, 7) is 4.79. The van der Waals surface area contributed by atoms with Crippen LogP contribution in [0, 0.1) is 5.92 Å². The first-order chi connectivity index (χ1) is 13.9. The molecule has 0 radical (unpaired) electrons. The van der Waals surface area contributed by atoms with E-state index in [0.29, 0.717) is 24.6 Å². The van der Waals surface area contributed by atoms with Crippen molar-refractivity contribution in [3.05, 3.63) is 35.9 Å². The third kappa shape index (κ3) is 7.97. The summed E-state index contributed by atoms with van der Waals surface area (Å²) >= 11 is 1.29. The molecular weight excluding hydrogens is 392 g/mol. The summed E-state index contributed by atoms with van der Waals surface area (Å²) in [7, 11) is 0. The van der Waals surface area contributed by atoms with E-state index in [1.165, 1.54) is 16.7 Å². The molecule has 0 aromatic heterocycles. The van der Waals surface area contributed by atoms with Crippen LogP contribution in [-0.2, 0) is 20.9 Å². The molecule has 7 nitrogen and oxygen atoms in total. The van der Waals surface area contributed by atoms with Crippen LogP contribution in [0.25, 0.3) is 0 Å². The van der Waals surface area contributed by atoms with Crippen LogP contribution in [-0.4, -0.2) is 58.1 Å². The molecule has 2 rings (SSSR count). The Hall–Kier alpha value is -2.22. The van der Waals surface area contributed by atoms with E-state index in [4.69, 9.17) is 9.84 Å². The van der Waals surface area contributed by atoms with Gasteiger partial charge in [0.1, 0.15) is 12.6 Å². The molecule has 1 heterocycles. The molecular formula is C21H30N2O5S. The minimum absolute atomic E-state index is 0.00578. The molecule has 1 unspecified atom stereocenters. The lowest BCUT2D eigenvalue weighted by atomic mass is 10.0. The molecule has 1 aliphatic heterocycles. The maximum atomic E-state index is 12.8. The minimum Gasteiger partial charge on any atom is -0.481 e. The number of rotatable bonds is 10. The lowest BCUT2D eigenvalue weighted by molar-refractivity contribution is -0.134. The molecule has 1 aliphatic rings. The highest BCUT2D eigenvalue weighted by molar-refractivity contribution is 7.99. The second kappa shape index (κ2) is 11.7. The number of likely N-dealkylation sites (tertiary alicyclic amines) is 1. The van der Waals surface area contributed by atoms with Crippen molar-refractivity contribution >= 4 is 29.7 Å². The van der Waals surface area contributed by atoms with Gasteiger partial charge in [-0.05, 0) is 30.7 Å². The standard InChI is InChI=1S/C21H30N2O5S/c1-15(2)11-17(13-29-14-19(24)25)22-20(26)18-9-6-10-23(18)21(27)28-12-16-7-4-3-5-8-16/h3-5,7-8,15,17-18H,6,9-14H2,1-2H3,(H,22,26)(H,24,25)/t17?,18-/m0/s1. The van der Waals surface area contributed by atoms with Crippen LogP contribution in [0.4, 0.5) is 4.79 Å². The number of hydrogen-bond donors (Lipinski definition) is 2. The van der Waals surface area contributed by atoms with E-state index in [0.717, 1.165) is 18.4 Å². The Bertz CT molecular complexity index is 683. The summed E-state index contributed by atoms with van der Waals surface area (Å²) in [5.41, 5.74) is 0.897. The van der Waals surface area contributed by atoms with E-state index < -0.39 is 18.1 Å². The van der Waals surface area contributed by atoms with Gasteiger partial charge >= 0.3 is 12.1 Å². The van der Waals surface area contributed by atoms with E-state index >= 15 is 0 Å². The van der Waals surface area contributed by atoms with E-state index in [2.05, 4.69) is 19.2 Å². The van der Waals surface area contributed by atoms with Gasteiger partial charge in [-0.15, -0.1) is 11.8 Å². The Morgan fingerprint density at radius 3 is 2.66 bits per heavy atom. The zero-order valence-electron chi connectivity index (χ0n) is 17.0. The monoisotopic (exact) mass is 422 g/mol. The van der Waals surface area contributed by atoms with Crippen molar-refractivity contribution in [1.29, 1.82) is 0 Å². The van der Waals surface area contributed by atoms with Crippen LogP contribution >= 0.6 is 11.8 Å². The number of carbonyl (C=O) groups excluding carboxylic acids is 2. The van der Waals surface area contributed by atoms with Crippen LogP contribution in [0.1, 0.15) is 38.7 Å². The van der Waals surface area contributed by atoms with Crippen molar-refractivity contribution < 1.29 is 24.2 Å². The summed E-state index contributed by atoms with van der Waals surface area (Å²) in [6, 6.07) is 8.75. The molecule has 1 fully saturated rings. The molecule has 8 heteroatoms. The Kier molecular flexibility index (Phi) is 9.31. The van der Waals surface area contributed by atoms with E-state index in [9.17, 15) is 14.4 Å². The smallest absolute Gasteiger partial charge is 0.410 e. The average Bonchev–Trinajstić information content (AvgIpc) is 3.16. The van der Waals surface area contributed by atoms with Crippen molar-refractivity contribution in [3.63, 3.8) is 0 Å². The van der Waals surface area contributed by atoms with Crippen LogP contribution in [0.2, 0.25) is 0 Å². The van der Waals surface area contributed by atoms with Gasteiger partial charge in [-0.2, -0.15) is 0 Å². The highest BCUT2D eigenvalue weighted by atomic mass is 32.2. The van der Waals surface area contributed by atoms with Gasteiger partial charge < -0.3 is 15.2 Å². The predicted octanol–water partition coefficient (Wildman–Crippen LogP) is 3.14. The Morgan fingerprint density at radius 2 is 2.00 bits per heavy atom. The maximum Gasteiger partial charge on any atom is 0.410 e. The number of aliphatic carboxylic acids is 1. The van der Waals surface area contributed by atoms with Gasteiger partial charge in [-0.3, -0.25) is 14.5 Å². The van der Waals surface area contributed by atoms with Crippen LogP contribution < -0.4 is 5.32 Å². The third-order valence-electron chi connectivity index (χ3n) is 4.64. The molecule has 2 amide bonds. The molecule has 2 atom stereocenters. The summed E-state index contributed by atoms with van der Waals surface area (Å²) in [6.07, 6.45) is 1.63. The molecule has 0 bridgehead atoms. The first-order valence-electron chi connectivity index (χ1n) is 9.94. The number of ether oxygens (including phenoxy) is 1. The number of carboxylic acid groups (broad SMARTS) is 1. The van der Waals surface area contributed by atoms with E-state index in [1.807, 2.05) is 30.3 Å². The number of thioether (sulfide) groups is 1. The van der Waals surface area contributed by atoms with Crippen molar-refractivity contribution in [2.45, 2.75) is 51.8 Å². The fraction of sp³-hybridized carbons (Fsp3) is 0.571. The minimum atomic E-state index is -0.868. The number of nitrogens with zero attached hydrogens (tertiary/aromatic N) is 1. The number of carboxylic acids is 1. The number of amides is 2. The first-order valence-corrected chi connectivity index (χ1v) is 11.1. The summed E-state index contributed by atoms with van der Waals surface area (Å²) in [5, 5.41) is 11.8. The normalized spacial score (nSPS) is 17.2. The van der Waals surface area contributed by atoms with Gasteiger partial charge in [0.25, 0.3) is 0 Å². The lowest BCUT2D eigenvalue weighted by Gasteiger charge is -2.26. The highest BCUT2D eigenvalue weighted by Crippen LogP contribution is 2.20. The van der Waals surface area contributed by atoms with Gasteiger partial charge in [-0.1, -0.05) is 44.2 Å². The van der Waals surface area contributed by atoms with Gasteiger partial charge in [0, 0.05) is 18.3 Å². The fourth-order valence-electron chi connectivity index (χ4n) is 3.38. The number of nitrogens with one attached hydrogen (secondary N) is 1. The second-order valence-electron chi connectivity index (χ2n) is 7.64. The van der Waals surface area contributed by atoms with Gasteiger partial charge in [-0.25, -0.2) is 4.79 Å². The van der Waals surface area contributed by atoms with Gasteiger partial charge in [0.05, 0.1) is 5.75 Å². The zero-order valence-corrected chi connectivity index (χ0v) is 17.8. The molecule has 2 N–H and O–H groups in total. The van der Waals surface area contributed by atoms with Crippen LogP contribution in [0.15, 0.2) is 30.3 Å². The van der Waals surface area contributed by atoms with Crippen molar-refractivity contribution in [2.75, 3.05) is 18.1 Å². The average molecular weight is 423 g/mol. The molecule has 160 valence electrons. The highest BCUT2D eigenvalue weighted by Gasteiger charge is 2.36. The van der Waals surface area contributed by atoms with Crippen molar-refractivity contribution in [2.24, 2.45) is 5.92 Å². The second-order valence-corrected chi connectivity index (χ2v) is 8.67. The lowest BCUT2D eigenvalue weighted by Crippen LogP contribution is -2.49. The molecule has 0 spiro atoms. The summed E-state index contributed by atoms with van der Waals surface area (Å²) in [4.78, 5) is 37.6. The molecule has 0 saturated carbocycles. The van der Waals surface area contributed by atoms with Crippen LogP contribution in [0.3, 0.4) is 0 Å². The Labute approximate surface area is 176 Å². The molecule has 0 aliphatic carbocycles. The van der Waals surface area contributed by atoms with Crippen LogP contribution in [0.5, 0.6) is 0 Å². The predicted molar refractivity (Wildman–Crippen MR) is 113 cm³/mol. The molecule has 1 saturated heterocycles. The topological polar surface area (TPSA) is 95.9 Å². The maximum absolute atomic E-state index is 12.8. The number of hydrogen-bond acceptors (Lipinski definition) is 5. The Morgan fingerprint density at radius 1 is 1.28 bits per heavy atom. The SMILES string of the molecule is CC(C)CC(CSCC(=O)O)NC(=O)[C@@H]1CCCN1C(=O)OCc1ccccc1. The third-order valence-corrected chi connectivity index (χ3v) is 5.73. The fourth-order valence-corrected chi connectivity index (χ4v) is 4.18. The molecule has 29 heavy (non-hydrogen) atoms. The molecule has 1 aromatic carbocycles. The molecule has 1 aromatic rings. The Balaban J connectivity index is 1.90. The van der Waals surface area contributed by atoms with Gasteiger partial charge in [0.15, 0.2) is 0 Å². The number of benzene rings is 1. The van der Waals surface area contributed by atoms with E-state index in [1.54, 1.807) is 0 Å². The first kappa shape index (κ1) is 23.1. The zero-order chi connectivity index (χ0) is 21.2. The van der Waals surface area contributed by atoms with E-state index in [-0.39, 0.29) is 24.3 Å². The van der Waals surface area contributed by atoms with Gasteiger partial charge in [0.2, 0.25) is 5.91 Å². The van der Waals surface area contributed by atoms with Crippen molar-refractivity contribution in [3.8, 4) is 0 Å². The summed E-state index contributed by atoms with van der Waals surface area (Å²) in [5.74, 6) is -0.164. The quantitative estimate of drug-likeness (QED) is 0.601. The van der Waals surface area contributed by atoms with Crippen molar-refractivity contribution in [1.82, 2.24) is 10.2 Å². The summed E-state index contributed by atoms with van der Waals surface area (Å²) < 4.78 is 5.39.